The molecule has 1 heteroatoms. The van der Waals surface area contributed by atoms with Gasteiger partial charge in [0.15, 0.2) is 0 Å². The van der Waals surface area contributed by atoms with Gasteiger partial charge in [-0.2, -0.15) is 0 Å². The zero-order chi connectivity index (χ0) is 10.8. The maximum Gasteiger partial charge on any atom is -0.00190 e. The van der Waals surface area contributed by atoms with Crippen molar-refractivity contribution in [3.63, 3.8) is 0 Å². The summed E-state index contributed by atoms with van der Waals surface area (Å²) in [6.07, 6.45) is 7.28. The van der Waals surface area contributed by atoms with Crippen molar-refractivity contribution in [2.45, 2.75) is 46.5 Å². The first-order valence-electron chi connectivity index (χ1n) is 6.07. The molecular formula is C13H27N. The summed E-state index contributed by atoms with van der Waals surface area (Å²) in [5.74, 6) is 0.823. The van der Waals surface area contributed by atoms with E-state index in [2.05, 4.69) is 32.3 Å². The van der Waals surface area contributed by atoms with Crippen LogP contribution in [0.2, 0.25) is 0 Å². The zero-order valence-corrected chi connectivity index (χ0v) is 10.3. The smallest absolute Gasteiger partial charge is 0.00190 e. The summed E-state index contributed by atoms with van der Waals surface area (Å²) in [5, 5.41) is 0. The highest BCUT2D eigenvalue weighted by atomic mass is 15.1. The lowest BCUT2D eigenvalue weighted by Gasteiger charge is -2.18. The van der Waals surface area contributed by atoms with Gasteiger partial charge in [-0.25, -0.2) is 0 Å². The second-order valence-corrected chi connectivity index (χ2v) is 4.15. The van der Waals surface area contributed by atoms with Crippen molar-refractivity contribution in [1.82, 2.24) is 4.90 Å². The molecule has 0 saturated heterocycles. The van der Waals surface area contributed by atoms with E-state index in [-0.39, 0.29) is 0 Å². The fraction of sp³-hybridized carbons (Fsp3) is 0.846. The fourth-order valence-electron chi connectivity index (χ4n) is 1.77. The minimum Gasteiger partial charge on any atom is -0.304 e. The van der Waals surface area contributed by atoms with E-state index in [4.69, 9.17) is 0 Å². The first kappa shape index (κ1) is 13.7. The molecule has 0 N–H and O–H groups in total. The Morgan fingerprint density at radius 2 is 1.86 bits per heavy atom. The fourth-order valence-corrected chi connectivity index (χ4v) is 1.77. The van der Waals surface area contributed by atoms with E-state index in [1.807, 2.05) is 6.08 Å². The summed E-state index contributed by atoms with van der Waals surface area (Å²) in [7, 11) is 0. The van der Waals surface area contributed by atoms with E-state index in [9.17, 15) is 0 Å². The number of hydrogen-bond donors (Lipinski definition) is 0. The van der Waals surface area contributed by atoms with Gasteiger partial charge in [-0.1, -0.05) is 39.7 Å². The molecule has 0 aromatic carbocycles. The Labute approximate surface area is 90.2 Å². The molecule has 84 valence electrons. The molecule has 1 nitrogen and oxygen atoms in total. The summed E-state index contributed by atoms with van der Waals surface area (Å²) in [5.41, 5.74) is 0. The van der Waals surface area contributed by atoms with E-state index < -0.39 is 0 Å². The minimum absolute atomic E-state index is 0.823. The molecule has 0 radical (unpaired) electrons. The lowest BCUT2D eigenvalue weighted by Crippen LogP contribution is -2.23. The summed E-state index contributed by atoms with van der Waals surface area (Å²) >= 11 is 0. The van der Waals surface area contributed by atoms with Gasteiger partial charge in [0.2, 0.25) is 0 Å². The lowest BCUT2D eigenvalue weighted by atomic mass is 10.0. The van der Waals surface area contributed by atoms with Crippen LogP contribution in [0.4, 0.5) is 0 Å². The lowest BCUT2D eigenvalue weighted by molar-refractivity contribution is 0.292. The highest BCUT2D eigenvalue weighted by Gasteiger charge is 2.01. The molecule has 14 heavy (non-hydrogen) atoms. The molecule has 0 aliphatic rings. The number of allylic oxidation sites excluding steroid dienone is 1. The van der Waals surface area contributed by atoms with E-state index in [1.54, 1.807) is 0 Å². The summed E-state index contributed by atoms with van der Waals surface area (Å²) < 4.78 is 0. The predicted octanol–water partition coefficient (Wildman–Crippen LogP) is 3.71. The Hall–Kier alpha value is -0.300. The predicted molar refractivity (Wildman–Crippen MR) is 65.6 cm³/mol. The van der Waals surface area contributed by atoms with Crippen LogP contribution < -0.4 is 0 Å². The number of unbranched alkanes of at least 4 members (excludes halogenated alkanes) is 1. The third-order valence-electron chi connectivity index (χ3n) is 2.88. The Balaban J connectivity index is 3.31. The standard InChI is InChI=1S/C13H27N/c1-5-10-13(4)11-8-9-12-14(6-2)7-3/h5,13H,1,6-12H2,2-4H3. The first-order valence-corrected chi connectivity index (χ1v) is 6.07. The summed E-state index contributed by atoms with van der Waals surface area (Å²) in [6.45, 7) is 14.2. The number of hydrogen-bond acceptors (Lipinski definition) is 1. The van der Waals surface area contributed by atoms with E-state index in [0.717, 1.165) is 5.92 Å². The van der Waals surface area contributed by atoms with Gasteiger partial charge in [0.1, 0.15) is 0 Å². The van der Waals surface area contributed by atoms with Gasteiger partial charge in [-0.05, 0) is 38.4 Å². The van der Waals surface area contributed by atoms with Crippen LogP contribution in [0.15, 0.2) is 12.7 Å². The Kier molecular flexibility index (Phi) is 9.06. The SMILES string of the molecule is C=CCC(C)CCCCN(CC)CC. The Bertz CT molecular complexity index is 127. The van der Waals surface area contributed by atoms with Crippen LogP contribution in [0.5, 0.6) is 0 Å². The van der Waals surface area contributed by atoms with E-state index in [0.29, 0.717) is 0 Å². The van der Waals surface area contributed by atoms with Gasteiger partial charge >= 0.3 is 0 Å². The van der Waals surface area contributed by atoms with Crippen molar-refractivity contribution in [1.29, 1.82) is 0 Å². The van der Waals surface area contributed by atoms with E-state index in [1.165, 1.54) is 45.3 Å². The third-order valence-corrected chi connectivity index (χ3v) is 2.88. The molecule has 0 aliphatic carbocycles. The average Bonchev–Trinajstić information content (AvgIpc) is 2.19. The van der Waals surface area contributed by atoms with Crippen molar-refractivity contribution in [3.05, 3.63) is 12.7 Å². The second kappa shape index (κ2) is 9.26. The van der Waals surface area contributed by atoms with Crippen molar-refractivity contribution in [3.8, 4) is 0 Å². The first-order chi connectivity index (χ1) is 6.74. The molecule has 1 atom stereocenters. The Morgan fingerprint density at radius 3 is 2.36 bits per heavy atom. The van der Waals surface area contributed by atoms with Gasteiger partial charge in [0.25, 0.3) is 0 Å². The van der Waals surface area contributed by atoms with E-state index >= 15 is 0 Å². The van der Waals surface area contributed by atoms with Gasteiger partial charge in [0, 0.05) is 0 Å². The number of rotatable bonds is 9. The molecule has 0 fully saturated rings. The molecule has 0 spiro atoms. The summed E-state index contributed by atoms with van der Waals surface area (Å²) in [6, 6.07) is 0. The second-order valence-electron chi connectivity index (χ2n) is 4.15. The van der Waals surface area contributed by atoms with Crippen LogP contribution in [-0.2, 0) is 0 Å². The monoisotopic (exact) mass is 197 g/mol. The quantitative estimate of drug-likeness (QED) is 0.402. The van der Waals surface area contributed by atoms with Crippen LogP contribution in [0.25, 0.3) is 0 Å². The molecule has 0 rings (SSSR count). The van der Waals surface area contributed by atoms with Gasteiger partial charge in [-0.15, -0.1) is 6.58 Å². The topological polar surface area (TPSA) is 3.24 Å². The molecule has 0 amide bonds. The molecule has 0 aromatic heterocycles. The number of nitrogens with zero attached hydrogens (tertiary/aromatic N) is 1. The van der Waals surface area contributed by atoms with Gasteiger partial charge in [-0.3, -0.25) is 0 Å². The van der Waals surface area contributed by atoms with Crippen molar-refractivity contribution >= 4 is 0 Å². The maximum absolute atomic E-state index is 3.78. The van der Waals surface area contributed by atoms with Crippen molar-refractivity contribution in [2.24, 2.45) is 5.92 Å². The van der Waals surface area contributed by atoms with Crippen LogP contribution in [0.3, 0.4) is 0 Å². The molecule has 0 heterocycles. The zero-order valence-electron chi connectivity index (χ0n) is 10.3. The largest absolute Gasteiger partial charge is 0.304 e. The average molecular weight is 197 g/mol. The van der Waals surface area contributed by atoms with Crippen LogP contribution >= 0.6 is 0 Å². The third kappa shape index (κ3) is 7.14. The molecule has 0 aromatic rings. The van der Waals surface area contributed by atoms with Crippen LogP contribution in [0.1, 0.15) is 46.5 Å². The molecule has 0 bridgehead atoms. The molecular weight excluding hydrogens is 170 g/mol. The Morgan fingerprint density at radius 1 is 1.21 bits per heavy atom. The molecule has 1 unspecified atom stereocenters. The van der Waals surface area contributed by atoms with Crippen LogP contribution in [0, 0.1) is 5.92 Å². The maximum atomic E-state index is 3.78. The molecule has 0 aliphatic heterocycles. The molecule has 0 saturated carbocycles. The van der Waals surface area contributed by atoms with Gasteiger partial charge < -0.3 is 4.90 Å². The highest BCUT2D eigenvalue weighted by Crippen LogP contribution is 2.12. The van der Waals surface area contributed by atoms with Crippen molar-refractivity contribution < 1.29 is 0 Å². The van der Waals surface area contributed by atoms with Crippen molar-refractivity contribution in [2.75, 3.05) is 19.6 Å². The summed E-state index contributed by atoms with van der Waals surface area (Å²) in [4.78, 5) is 2.50. The van der Waals surface area contributed by atoms with Crippen LogP contribution in [-0.4, -0.2) is 24.5 Å². The minimum atomic E-state index is 0.823. The normalized spacial score (nSPS) is 13.1. The van der Waals surface area contributed by atoms with Gasteiger partial charge in [0.05, 0.1) is 0 Å². The highest BCUT2D eigenvalue weighted by molar-refractivity contribution is 4.70.